The maximum Gasteiger partial charge on any atom is 0.347 e. The third-order valence-electron chi connectivity index (χ3n) is 4.19. The minimum absolute atomic E-state index is 0.0581. The second-order valence-corrected chi connectivity index (χ2v) is 6.14. The Morgan fingerprint density at radius 1 is 1.23 bits per heavy atom. The Hall–Kier alpha value is -4.14. The molecule has 1 heterocycles. The highest BCUT2D eigenvalue weighted by Crippen LogP contribution is 2.31. The average Bonchev–Trinajstić information content (AvgIpc) is 3.03. The molecule has 154 valence electrons. The first-order valence-corrected chi connectivity index (χ1v) is 9.08. The molecule has 0 radical (unpaired) electrons. The van der Waals surface area contributed by atoms with Crippen molar-refractivity contribution >= 4 is 34.9 Å². The molecule has 0 unspecified atom stereocenters. The summed E-state index contributed by atoms with van der Waals surface area (Å²) in [5.74, 6) is -1.70. The first kappa shape index (κ1) is 20.6. The van der Waals surface area contributed by atoms with E-state index in [1.54, 1.807) is 44.3 Å². The third kappa shape index (κ3) is 4.30. The largest absolute Gasteiger partial charge is 0.462 e. The Balaban J connectivity index is 1.97. The highest BCUT2D eigenvalue weighted by Gasteiger charge is 2.37. The van der Waals surface area contributed by atoms with E-state index in [1.165, 1.54) is 18.2 Å². The van der Waals surface area contributed by atoms with Crippen molar-refractivity contribution < 1.29 is 24.0 Å². The van der Waals surface area contributed by atoms with Crippen LogP contribution in [0.15, 0.2) is 65.7 Å². The fraction of sp³-hybridized carbons (Fsp3) is 0.143. The van der Waals surface area contributed by atoms with Gasteiger partial charge in [-0.2, -0.15) is 0 Å². The van der Waals surface area contributed by atoms with Crippen LogP contribution in [0.5, 0.6) is 0 Å². The van der Waals surface area contributed by atoms with Crippen LogP contribution in [-0.4, -0.2) is 30.3 Å². The molecule has 0 atom stereocenters. The molecule has 9 heteroatoms. The normalized spacial score (nSPS) is 14.5. The van der Waals surface area contributed by atoms with Gasteiger partial charge in [0.15, 0.2) is 11.3 Å². The minimum atomic E-state index is -0.819. The van der Waals surface area contributed by atoms with Crippen LogP contribution in [0.2, 0.25) is 0 Å². The fourth-order valence-electron chi connectivity index (χ4n) is 2.81. The molecule has 1 aliphatic rings. The number of nitrogens with zero attached hydrogens (tertiary/aromatic N) is 1. The zero-order valence-corrected chi connectivity index (χ0v) is 16.3. The van der Waals surface area contributed by atoms with Crippen molar-refractivity contribution in [3.8, 4) is 0 Å². The number of rotatable bonds is 7. The number of nitro benzene ring substituents is 1. The number of nitrogens with one attached hydrogen (secondary N) is 2. The van der Waals surface area contributed by atoms with Gasteiger partial charge in [-0.3, -0.25) is 14.9 Å². The van der Waals surface area contributed by atoms with E-state index in [0.717, 1.165) is 0 Å². The third-order valence-corrected chi connectivity index (χ3v) is 4.19. The molecule has 0 aromatic heterocycles. The van der Waals surface area contributed by atoms with E-state index in [2.05, 4.69) is 10.6 Å². The van der Waals surface area contributed by atoms with E-state index >= 15 is 0 Å². The molecule has 1 aliphatic heterocycles. The molecular weight excluding hydrogens is 390 g/mol. The minimum Gasteiger partial charge on any atom is -0.462 e. The lowest BCUT2D eigenvalue weighted by atomic mass is 10.1. The lowest BCUT2D eigenvalue weighted by Crippen LogP contribution is -2.16. The molecule has 0 amide bonds. The van der Waals surface area contributed by atoms with E-state index in [9.17, 15) is 19.7 Å². The summed E-state index contributed by atoms with van der Waals surface area (Å²) < 4.78 is 10.6. The van der Waals surface area contributed by atoms with Gasteiger partial charge in [0.2, 0.25) is 11.7 Å². The number of ether oxygens (including phenoxy) is 2. The molecule has 0 bridgehead atoms. The molecule has 9 nitrogen and oxygen atoms in total. The number of ketones is 1. The number of carbonyl (C=O) groups is 2. The Bertz CT molecular complexity index is 1060. The van der Waals surface area contributed by atoms with Crippen LogP contribution in [0.3, 0.4) is 0 Å². The Labute approximate surface area is 172 Å². The summed E-state index contributed by atoms with van der Waals surface area (Å²) in [5, 5.41) is 16.9. The Morgan fingerprint density at radius 3 is 2.60 bits per heavy atom. The van der Waals surface area contributed by atoms with E-state index in [1.807, 2.05) is 6.07 Å². The summed E-state index contributed by atoms with van der Waals surface area (Å²) >= 11 is 0. The number of carbonyl (C=O) groups excluding carboxylic acids is 2. The van der Waals surface area contributed by atoms with Gasteiger partial charge in [-0.25, -0.2) is 4.79 Å². The molecule has 0 fully saturated rings. The van der Waals surface area contributed by atoms with Gasteiger partial charge in [0.1, 0.15) is 5.69 Å². The summed E-state index contributed by atoms with van der Waals surface area (Å²) in [6.07, 6.45) is 1.34. The van der Waals surface area contributed by atoms with Gasteiger partial charge in [0, 0.05) is 18.8 Å². The maximum atomic E-state index is 12.8. The van der Waals surface area contributed by atoms with Gasteiger partial charge in [0.05, 0.1) is 11.5 Å². The monoisotopic (exact) mass is 409 g/mol. The van der Waals surface area contributed by atoms with Crippen molar-refractivity contribution in [2.75, 3.05) is 24.3 Å². The number of para-hydroxylation sites is 1. The van der Waals surface area contributed by atoms with Crippen molar-refractivity contribution in [1.82, 2.24) is 0 Å². The summed E-state index contributed by atoms with van der Waals surface area (Å²) in [6.45, 7) is 1.72. The van der Waals surface area contributed by atoms with Crippen LogP contribution in [0, 0.1) is 10.1 Å². The molecule has 0 saturated carbocycles. The Morgan fingerprint density at radius 2 is 1.97 bits per heavy atom. The molecular formula is C21H19N3O6. The molecule has 0 spiro atoms. The molecule has 2 aromatic rings. The number of hydrogen-bond donors (Lipinski definition) is 2. The van der Waals surface area contributed by atoms with E-state index in [4.69, 9.17) is 9.47 Å². The second-order valence-electron chi connectivity index (χ2n) is 6.14. The SMILES string of the molecule is CCOC(=O)C1=C(Nc2ccccc2)O/C(=C\c2ccc(NC)c([N+](=O)[O-])c2)C1=O. The zero-order chi connectivity index (χ0) is 21.7. The molecule has 3 rings (SSSR count). The summed E-state index contributed by atoms with van der Waals surface area (Å²) in [6, 6.07) is 13.3. The highest BCUT2D eigenvalue weighted by atomic mass is 16.6. The van der Waals surface area contributed by atoms with Crippen LogP contribution in [-0.2, 0) is 19.1 Å². The molecule has 30 heavy (non-hydrogen) atoms. The van der Waals surface area contributed by atoms with Gasteiger partial charge >= 0.3 is 5.97 Å². The van der Waals surface area contributed by atoms with E-state index < -0.39 is 16.7 Å². The summed E-state index contributed by atoms with van der Waals surface area (Å²) in [4.78, 5) is 35.9. The number of hydrogen-bond acceptors (Lipinski definition) is 8. The van der Waals surface area contributed by atoms with Crippen LogP contribution in [0.25, 0.3) is 6.08 Å². The summed E-state index contributed by atoms with van der Waals surface area (Å²) in [7, 11) is 1.57. The summed E-state index contributed by atoms with van der Waals surface area (Å²) in [5.41, 5.74) is 0.884. The highest BCUT2D eigenvalue weighted by molar-refractivity contribution is 6.26. The van der Waals surface area contributed by atoms with Crippen molar-refractivity contribution in [3.63, 3.8) is 0 Å². The molecule has 2 N–H and O–H groups in total. The van der Waals surface area contributed by atoms with Gasteiger partial charge in [0.25, 0.3) is 5.69 Å². The van der Waals surface area contributed by atoms with Crippen molar-refractivity contribution in [2.45, 2.75) is 6.92 Å². The quantitative estimate of drug-likeness (QED) is 0.235. The van der Waals surface area contributed by atoms with Crippen molar-refractivity contribution in [3.05, 3.63) is 81.4 Å². The Kier molecular flexibility index (Phi) is 6.11. The van der Waals surface area contributed by atoms with Crippen LogP contribution >= 0.6 is 0 Å². The molecule has 2 aromatic carbocycles. The van der Waals surface area contributed by atoms with E-state index in [0.29, 0.717) is 16.9 Å². The lowest BCUT2D eigenvalue weighted by Gasteiger charge is -2.08. The number of Topliss-reactive ketones (excluding diaryl/α,β-unsaturated/α-hetero) is 1. The first-order chi connectivity index (χ1) is 14.4. The predicted molar refractivity (Wildman–Crippen MR) is 110 cm³/mol. The van der Waals surface area contributed by atoms with Gasteiger partial charge in [-0.15, -0.1) is 0 Å². The first-order valence-electron chi connectivity index (χ1n) is 9.08. The topological polar surface area (TPSA) is 120 Å². The number of allylic oxidation sites excluding steroid dienone is 1. The van der Waals surface area contributed by atoms with Crippen molar-refractivity contribution in [1.29, 1.82) is 0 Å². The van der Waals surface area contributed by atoms with Crippen molar-refractivity contribution in [2.24, 2.45) is 0 Å². The number of esters is 1. The van der Waals surface area contributed by atoms with Crippen LogP contribution < -0.4 is 10.6 Å². The second kappa shape index (κ2) is 8.91. The zero-order valence-electron chi connectivity index (χ0n) is 16.3. The predicted octanol–water partition coefficient (Wildman–Crippen LogP) is 3.46. The van der Waals surface area contributed by atoms with Gasteiger partial charge < -0.3 is 20.1 Å². The van der Waals surface area contributed by atoms with Gasteiger partial charge in [-0.05, 0) is 36.8 Å². The average molecular weight is 409 g/mol. The standard InChI is InChI=1S/C21H19N3O6/c1-3-29-21(26)18-19(25)17(30-20(18)23-14-7-5-4-6-8-14)12-13-9-10-15(22-2)16(11-13)24(27)28/h4-12,22-23H,3H2,1-2H3/b17-12-. The fourth-order valence-corrected chi connectivity index (χ4v) is 2.81. The van der Waals surface area contributed by atoms with E-state index in [-0.39, 0.29) is 29.5 Å². The van der Waals surface area contributed by atoms with Crippen LogP contribution in [0.1, 0.15) is 12.5 Å². The maximum absolute atomic E-state index is 12.8. The molecule has 0 aliphatic carbocycles. The molecule has 0 saturated heterocycles. The number of nitro groups is 1. The van der Waals surface area contributed by atoms with Crippen LogP contribution in [0.4, 0.5) is 17.1 Å². The number of benzene rings is 2. The lowest BCUT2D eigenvalue weighted by molar-refractivity contribution is -0.384. The van der Waals surface area contributed by atoms with Gasteiger partial charge in [-0.1, -0.05) is 24.3 Å². The number of anilines is 2. The smallest absolute Gasteiger partial charge is 0.347 e.